The van der Waals surface area contributed by atoms with Crippen molar-refractivity contribution in [2.75, 3.05) is 32.8 Å². The number of rotatable bonds is 30. The first-order valence-electron chi connectivity index (χ1n) is 23.3. The predicted molar refractivity (Wildman–Crippen MR) is 255 cm³/mol. The van der Waals surface area contributed by atoms with Gasteiger partial charge in [-0.15, -0.1) is 0 Å². The van der Waals surface area contributed by atoms with E-state index in [1.807, 2.05) is 69.3 Å². The Labute approximate surface area is 393 Å². The Morgan fingerprint density at radius 1 is 0.672 bits per heavy atom. The molecule has 15 N–H and O–H groups in total. The molecule has 0 radical (unpaired) electrons. The number of fused-ring (bicyclic) bond motifs is 3. The van der Waals surface area contributed by atoms with E-state index in [4.69, 9.17) is 27.7 Å². The van der Waals surface area contributed by atoms with Crippen LogP contribution in [0.4, 0.5) is 4.79 Å². The number of amides is 6. The van der Waals surface area contributed by atoms with E-state index < -0.39 is 84.3 Å². The van der Waals surface area contributed by atoms with Gasteiger partial charge >= 0.3 is 12.1 Å². The summed E-state index contributed by atoms with van der Waals surface area (Å²) in [4.78, 5) is 97.7. The van der Waals surface area contributed by atoms with Gasteiger partial charge in [0.05, 0.1) is 0 Å². The number of benzene rings is 2. The summed E-state index contributed by atoms with van der Waals surface area (Å²) in [7, 11) is 0. The quantitative estimate of drug-likeness (QED) is 0.0301. The molecule has 1 aliphatic carbocycles. The molecule has 6 amide bonds. The van der Waals surface area contributed by atoms with Crippen molar-refractivity contribution >= 4 is 47.6 Å². The fourth-order valence-electron chi connectivity index (χ4n) is 7.80. The minimum atomic E-state index is -1.25. The number of aliphatic carboxylic acids is 1. The van der Waals surface area contributed by atoms with E-state index in [-0.39, 0.29) is 63.1 Å². The molecule has 0 saturated carbocycles. The van der Waals surface area contributed by atoms with Crippen LogP contribution in [0.5, 0.6) is 0 Å². The molecular weight excluding hydrogens is 863 g/mol. The van der Waals surface area contributed by atoms with Crippen LogP contribution in [0.1, 0.15) is 109 Å². The van der Waals surface area contributed by atoms with Gasteiger partial charge in [-0.2, -0.15) is 0 Å². The van der Waals surface area contributed by atoms with Gasteiger partial charge in [0.25, 0.3) is 0 Å². The van der Waals surface area contributed by atoms with Crippen molar-refractivity contribution in [1.82, 2.24) is 31.9 Å². The molecule has 6 atom stereocenters. The number of guanidine groups is 1. The van der Waals surface area contributed by atoms with E-state index in [1.165, 1.54) is 0 Å². The van der Waals surface area contributed by atoms with E-state index in [0.717, 1.165) is 22.3 Å². The van der Waals surface area contributed by atoms with Crippen molar-refractivity contribution in [1.29, 1.82) is 0 Å². The van der Waals surface area contributed by atoms with Gasteiger partial charge in [0.2, 0.25) is 29.5 Å². The lowest BCUT2D eigenvalue weighted by atomic mass is 9.96. The largest absolute Gasteiger partial charge is 0.480 e. The maximum Gasteiger partial charge on any atom is 0.407 e. The molecule has 67 heavy (non-hydrogen) atoms. The SMILES string of the molecule is CC[C@H](C)[C@H](NC(=O)[C@H](CCCN=C(N)N)NC(=O)[C@@H](CCCCN)NC(=O)[C@H](CC(C)C)NC(=O)CNC(=O)OCC1c2ccccc2-c2ccccc21)C(=O)N[C@H](CCCCN)C(=O)O. The number of nitrogens with zero attached hydrogens (tertiary/aromatic N) is 1. The van der Waals surface area contributed by atoms with Crippen molar-refractivity contribution < 1.29 is 43.4 Å². The number of carboxylic acids is 1. The third-order valence-electron chi connectivity index (χ3n) is 11.6. The van der Waals surface area contributed by atoms with Crippen molar-refractivity contribution in [3.63, 3.8) is 0 Å². The number of carboxylic acid groups (broad SMARTS) is 1. The Morgan fingerprint density at radius 2 is 1.18 bits per heavy atom. The fourth-order valence-corrected chi connectivity index (χ4v) is 7.80. The van der Waals surface area contributed by atoms with Gasteiger partial charge in [-0.3, -0.25) is 29.0 Å². The molecule has 0 bridgehead atoms. The number of aliphatic imine (C=N–C) groups is 1. The molecule has 370 valence electrons. The molecule has 3 rings (SSSR count). The second-order valence-electron chi connectivity index (χ2n) is 17.3. The second kappa shape index (κ2) is 28.7. The molecule has 0 saturated heterocycles. The molecule has 0 spiro atoms. The number of alkyl carbamates (subject to hydrolysis) is 1. The molecular formula is C47H73N11O9. The zero-order valence-corrected chi connectivity index (χ0v) is 39.3. The molecule has 2 aromatic carbocycles. The average molecular weight is 936 g/mol. The second-order valence-corrected chi connectivity index (χ2v) is 17.3. The molecule has 20 heteroatoms. The predicted octanol–water partition coefficient (Wildman–Crippen LogP) is 1.44. The van der Waals surface area contributed by atoms with Crippen LogP contribution >= 0.6 is 0 Å². The standard InChI is InChI=1S/C47H73N11O9/c1-5-29(4)40(44(63)57-37(45(64)65)20-11-13-23-49)58-42(61)36(21-14-24-52-46(50)51)55-41(60)35(19-10-12-22-48)56-43(62)38(25-28(2)3)54-39(59)26-53-47(66)67-27-34-32-17-8-6-15-30(32)31-16-7-9-18-33(31)34/h6-9,15-18,28-29,34-38,40H,5,10-14,19-27,48-49H2,1-4H3,(H,53,66)(H,54,59)(H,55,60)(H,56,62)(H,57,63)(H,58,61)(H,64,65)(H4,50,51,52)/t29-,35+,36-,37+,38-,40-/m0/s1. The number of hydrogen-bond donors (Lipinski definition) is 11. The lowest BCUT2D eigenvalue weighted by Gasteiger charge is -2.29. The summed E-state index contributed by atoms with van der Waals surface area (Å²) in [5.74, 6) is -5.58. The van der Waals surface area contributed by atoms with Crippen LogP contribution in [0, 0.1) is 11.8 Å². The summed E-state index contributed by atoms with van der Waals surface area (Å²) in [6.45, 7) is 7.60. The van der Waals surface area contributed by atoms with E-state index in [2.05, 4.69) is 36.9 Å². The summed E-state index contributed by atoms with van der Waals surface area (Å²) in [6, 6.07) is 9.89. The van der Waals surface area contributed by atoms with E-state index in [0.29, 0.717) is 45.2 Å². The molecule has 0 aliphatic heterocycles. The normalized spacial score (nSPS) is 14.4. The van der Waals surface area contributed by atoms with Crippen molar-refractivity contribution in [2.45, 2.75) is 128 Å². The third kappa shape index (κ3) is 18.1. The Bertz CT molecular complexity index is 1950. The Hall–Kier alpha value is -6.28. The maximum atomic E-state index is 14.1. The molecule has 2 aromatic rings. The van der Waals surface area contributed by atoms with E-state index >= 15 is 0 Å². The number of unbranched alkanes of at least 4 members (excludes halogenated alkanes) is 2. The van der Waals surface area contributed by atoms with Gasteiger partial charge in [-0.1, -0.05) is 82.6 Å². The third-order valence-corrected chi connectivity index (χ3v) is 11.6. The summed E-state index contributed by atoms with van der Waals surface area (Å²) in [5.41, 5.74) is 26.5. The molecule has 0 fully saturated rings. The topological polar surface area (TPSA) is 338 Å². The van der Waals surface area contributed by atoms with Crippen molar-refractivity contribution in [3.05, 3.63) is 59.7 Å². The molecule has 20 nitrogen and oxygen atoms in total. The highest BCUT2D eigenvalue weighted by Crippen LogP contribution is 2.44. The van der Waals surface area contributed by atoms with Crippen LogP contribution in [0.15, 0.2) is 53.5 Å². The van der Waals surface area contributed by atoms with Crippen LogP contribution in [-0.4, -0.2) is 116 Å². The van der Waals surface area contributed by atoms with Crippen LogP contribution < -0.4 is 54.8 Å². The number of nitrogens with two attached hydrogens (primary N) is 4. The number of hydrogen-bond acceptors (Lipinski definition) is 11. The van der Waals surface area contributed by atoms with Crippen molar-refractivity contribution in [2.24, 2.45) is 39.8 Å². The minimum Gasteiger partial charge on any atom is -0.480 e. The Balaban J connectivity index is 1.73. The fraction of sp³-hybridized carbons (Fsp3) is 0.574. The number of carbonyl (C=O) groups excluding carboxylic acids is 6. The monoisotopic (exact) mass is 936 g/mol. The lowest BCUT2D eigenvalue weighted by molar-refractivity contribution is -0.143. The van der Waals surface area contributed by atoms with Crippen LogP contribution in [-0.2, 0) is 33.5 Å². The summed E-state index contributed by atoms with van der Waals surface area (Å²) >= 11 is 0. The molecule has 0 heterocycles. The highest BCUT2D eigenvalue weighted by molar-refractivity contribution is 5.96. The van der Waals surface area contributed by atoms with Crippen LogP contribution in [0.25, 0.3) is 11.1 Å². The molecule has 1 aliphatic rings. The van der Waals surface area contributed by atoms with Gasteiger partial charge in [0, 0.05) is 12.5 Å². The highest BCUT2D eigenvalue weighted by Gasteiger charge is 2.35. The van der Waals surface area contributed by atoms with Gasteiger partial charge in [0.1, 0.15) is 43.4 Å². The lowest BCUT2D eigenvalue weighted by Crippen LogP contribution is -2.60. The summed E-state index contributed by atoms with van der Waals surface area (Å²) in [6.07, 6.45) is 2.31. The zero-order chi connectivity index (χ0) is 49.5. The van der Waals surface area contributed by atoms with Crippen LogP contribution in [0.3, 0.4) is 0 Å². The Morgan fingerprint density at radius 3 is 1.70 bits per heavy atom. The molecule has 0 unspecified atom stereocenters. The maximum absolute atomic E-state index is 14.1. The molecule has 0 aromatic heterocycles. The van der Waals surface area contributed by atoms with Gasteiger partial charge in [-0.05, 0) is 105 Å². The Kier molecular flexibility index (Phi) is 23.6. The van der Waals surface area contributed by atoms with Gasteiger partial charge in [0.15, 0.2) is 5.96 Å². The van der Waals surface area contributed by atoms with Crippen LogP contribution in [0.2, 0.25) is 0 Å². The van der Waals surface area contributed by atoms with Gasteiger partial charge in [-0.25, -0.2) is 9.59 Å². The van der Waals surface area contributed by atoms with E-state index in [1.54, 1.807) is 6.92 Å². The smallest absolute Gasteiger partial charge is 0.407 e. The van der Waals surface area contributed by atoms with Crippen molar-refractivity contribution in [3.8, 4) is 11.1 Å². The number of ether oxygens (including phenoxy) is 1. The zero-order valence-electron chi connectivity index (χ0n) is 39.3. The minimum absolute atomic E-state index is 0.0201. The first kappa shape index (κ1) is 55.1. The first-order chi connectivity index (χ1) is 32.0. The first-order valence-corrected chi connectivity index (χ1v) is 23.3. The average Bonchev–Trinajstić information content (AvgIpc) is 3.61. The number of carbonyl (C=O) groups is 7. The summed E-state index contributed by atoms with van der Waals surface area (Å²) in [5, 5.41) is 25.7. The van der Waals surface area contributed by atoms with Gasteiger partial charge < -0.3 is 64.7 Å². The summed E-state index contributed by atoms with van der Waals surface area (Å²) < 4.78 is 5.56. The highest BCUT2D eigenvalue weighted by atomic mass is 16.5. The van der Waals surface area contributed by atoms with E-state index in [9.17, 15) is 38.7 Å². The number of nitrogens with one attached hydrogen (secondary N) is 6.